The molecule has 0 radical (unpaired) electrons. The number of ether oxygens (including phenoxy) is 1. The second kappa shape index (κ2) is 14.4. The van der Waals surface area contributed by atoms with Crippen molar-refractivity contribution in [3.8, 4) is 5.75 Å². The van der Waals surface area contributed by atoms with Crippen LogP contribution in [0.1, 0.15) is 65.3 Å². The first-order valence-corrected chi connectivity index (χ1v) is 18.8. The van der Waals surface area contributed by atoms with E-state index in [1.807, 2.05) is 25.1 Å². The van der Waals surface area contributed by atoms with Crippen LogP contribution in [0.5, 0.6) is 5.75 Å². The van der Waals surface area contributed by atoms with E-state index in [-0.39, 0.29) is 29.7 Å². The highest BCUT2D eigenvalue weighted by atomic mass is 32.2. The van der Waals surface area contributed by atoms with Crippen molar-refractivity contribution in [2.45, 2.75) is 74.1 Å². The molecule has 0 aromatic heterocycles. The number of hydrogen-bond acceptors (Lipinski definition) is 5. The van der Waals surface area contributed by atoms with Crippen LogP contribution >= 0.6 is 0 Å². The summed E-state index contributed by atoms with van der Waals surface area (Å²) in [6.45, 7) is 3.07. The molecule has 2 aliphatic carbocycles. The Morgan fingerprint density at radius 3 is 2.31 bits per heavy atom. The van der Waals surface area contributed by atoms with Crippen LogP contribution in [-0.4, -0.2) is 44.7 Å². The van der Waals surface area contributed by atoms with E-state index < -0.39 is 22.4 Å². The van der Waals surface area contributed by atoms with Gasteiger partial charge in [0.15, 0.2) is 0 Å². The van der Waals surface area contributed by atoms with Gasteiger partial charge in [-0.25, -0.2) is 4.39 Å². The third kappa shape index (κ3) is 7.75. The van der Waals surface area contributed by atoms with Crippen LogP contribution in [0, 0.1) is 6.92 Å². The molecule has 49 heavy (non-hydrogen) atoms. The van der Waals surface area contributed by atoms with Crippen molar-refractivity contribution in [3.05, 3.63) is 155 Å². The highest BCUT2D eigenvalue weighted by Gasteiger charge is 2.39. The lowest BCUT2D eigenvalue weighted by atomic mass is 9.68. The largest absolute Gasteiger partial charge is 0.489 e. The van der Waals surface area contributed by atoms with Crippen molar-refractivity contribution in [3.63, 3.8) is 0 Å². The SMILES string of the molecule is Cc1ccc(S(=O)(=O)OCC2(F)CCN(C3C=CC([C@@H]4c5ccc(OCc6ccccc6)cc5CC[C@@H]4c4ccccc4)=CC3)CC2)cc1. The van der Waals surface area contributed by atoms with Gasteiger partial charge in [0.2, 0.25) is 0 Å². The average Bonchev–Trinajstić information content (AvgIpc) is 3.14. The highest BCUT2D eigenvalue weighted by Crippen LogP contribution is 2.48. The third-order valence-electron chi connectivity index (χ3n) is 10.5. The van der Waals surface area contributed by atoms with Crippen LogP contribution in [0.3, 0.4) is 0 Å². The second-order valence-electron chi connectivity index (χ2n) is 13.8. The predicted octanol–water partition coefficient (Wildman–Crippen LogP) is 8.85. The van der Waals surface area contributed by atoms with Gasteiger partial charge in [0.05, 0.1) is 4.90 Å². The molecular weight excluding hydrogens is 634 g/mol. The molecule has 1 unspecified atom stereocenters. The first-order chi connectivity index (χ1) is 23.8. The van der Waals surface area contributed by atoms with Gasteiger partial charge in [-0.1, -0.05) is 103 Å². The van der Waals surface area contributed by atoms with E-state index in [1.165, 1.54) is 34.4 Å². The number of benzene rings is 4. The van der Waals surface area contributed by atoms with Gasteiger partial charge in [0.1, 0.15) is 24.6 Å². The molecule has 0 bridgehead atoms. The summed E-state index contributed by atoms with van der Waals surface area (Å²) in [6, 6.07) is 34.3. The number of halogens is 1. The molecule has 0 spiro atoms. The summed E-state index contributed by atoms with van der Waals surface area (Å²) < 4.78 is 52.5. The number of alkyl halides is 1. The standard InChI is InChI=1S/C42H44FNO4S/c1-31-12-20-38(21-13-31)49(45,46)48-30-42(43)24-26-44(27-25-42)36-17-14-34(15-18-36)41-39(33-10-6-3-7-11-33)22-16-35-28-37(19-23-40(35)41)47-29-32-8-4-2-5-9-32/h2-15,17,19-21,23,28,36,39,41H,16,18,22,24-27,29-30H2,1H3/t36?,39-,41+/m1/s1. The average molecular weight is 678 g/mol. The Morgan fingerprint density at radius 1 is 0.898 bits per heavy atom. The summed E-state index contributed by atoms with van der Waals surface area (Å²) >= 11 is 0. The Balaban J connectivity index is 1.01. The Bertz CT molecular complexity index is 1900. The van der Waals surface area contributed by atoms with E-state index in [9.17, 15) is 8.42 Å². The van der Waals surface area contributed by atoms with Gasteiger partial charge >= 0.3 is 0 Å². The van der Waals surface area contributed by atoms with Gasteiger partial charge in [0, 0.05) is 25.0 Å². The van der Waals surface area contributed by atoms with Crippen LogP contribution in [0.2, 0.25) is 0 Å². The molecule has 0 saturated carbocycles. The number of fused-ring (bicyclic) bond motifs is 1. The van der Waals surface area contributed by atoms with E-state index in [4.69, 9.17) is 8.92 Å². The Kier molecular flexibility index (Phi) is 9.86. The fourth-order valence-electron chi connectivity index (χ4n) is 7.58. The number of rotatable bonds is 10. The van der Waals surface area contributed by atoms with Crippen molar-refractivity contribution in [1.82, 2.24) is 4.90 Å². The van der Waals surface area contributed by atoms with E-state index in [0.29, 0.717) is 25.6 Å². The molecule has 7 rings (SSSR count). The van der Waals surface area contributed by atoms with Crippen LogP contribution in [0.15, 0.2) is 132 Å². The molecule has 1 aliphatic heterocycles. The van der Waals surface area contributed by atoms with E-state index in [1.54, 1.807) is 12.1 Å². The van der Waals surface area contributed by atoms with Crippen LogP contribution in [-0.2, 0) is 27.3 Å². The van der Waals surface area contributed by atoms with Gasteiger partial charge in [-0.05, 0) is 97.0 Å². The van der Waals surface area contributed by atoms with E-state index in [0.717, 1.165) is 36.1 Å². The molecule has 3 aliphatic rings. The first-order valence-electron chi connectivity index (χ1n) is 17.4. The monoisotopic (exact) mass is 677 g/mol. The molecule has 1 fully saturated rings. The van der Waals surface area contributed by atoms with Crippen molar-refractivity contribution < 1.29 is 21.7 Å². The lowest BCUT2D eigenvalue weighted by Crippen LogP contribution is -2.48. The fraction of sp³-hybridized carbons (Fsp3) is 0.333. The van der Waals surface area contributed by atoms with Crippen molar-refractivity contribution >= 4 is 10.1 Å². The Morgan fingerprint density at radius 2 is 1.61 bits per heavy atom. The van der Waals surface area contributed by atoms with Gasteiger partial charge < -0.3 is 4.74 Å². The fourth-order valence-corrected chi connectivity index (χ4v) is 8.55. The lowest BCUT2D eigenvalue weighted by Gasteiger charge is -2.41. The Labute approximate surface area is 290 Å². The molecule has 1 heterocycles. The van der Waals surface area contributed by atoms with Crippen LogP contribution < -0.4 is 4.74 Å². The van der Waals surface area contributed by atoms with Gasteiger partial charge in [-0.15, -0.1) is 0 Å². The zero-order valence-electron chi connectivity index (χ0n) is 28.0. The Hall–Kier alpha value is -4.04. The summed E-state index contributed by atoms with van der Waals surface area (Å²) in [7, 11) is -4.01. The quantitative estimate of drug-likeness (QED) is 0.157. The van der Waals surface area contributed by atoms with Crippen LogP contribution in [0.4, 0.5) is 4.39 Å². The van der Waals surface area contributed by atoms with E-state index in [2.05, 4.69) is 83.8 Å². The minimum absolute atomic E-state index is 0.0565. The van der Waals surface area contributed by atoms with E-state index >= 15 is 4.39 Å². The molecule has 4 aromatic rings. The normalized spacial score (nSPS) is 22.2. The maximum Gasteiger partial charge on any atom is 0.297 e. The molecule has 5 nitrogen and oxygen atoms in total. The molecule has 3 atom stereocenters. The molecule has 0 amide bonds. The number of likely N-dealkylation sites (tertiary alicyclic amines) is 1. The van der Waals surface area contributed by atoms with Gasteiger partial charge in [0.25, 0.3) is 10.1 Å². The van der Waals surface area contributed by atoms with Crippen LogP contribution in [0.25, 0.3) is 0 Å². The zero-order valence-corrected chi connectivity index (χ0v) is 28.8. The second-order valence-corrected chi connectivity index (χ2v) is 15.4. The van der Waals surface area contributed by atoms with Gasteiger partial charge in [-0.3, -0.25) is 9.08 Å². The van der Waals surface area contributed by atoms with Crippen molar-refractivity contribution in [2.75, 3.05) is 19.7 Å². The molecule has 254 valence electrons. The first kappa shape index (κ1) is 33.5. The predicted molar refractivity (Wildman–Crippen MR) is 192 cm³/mol. The number of piperidine rings is 1. The molecule has 0 N–H and O–H groups in total. The summed E-state index contributed by atoms with van der Waals surface area (Å²) in [6.07, 6.45) is 10.3. The van der Waals surface area contributed by atoms with Crippen molar-refractivity contribution in [1.29, 1.82) is 0 Å². The summed E-state index contributed by atoms with van der Waals surface area (Å²) in [4.78, 5) is 2.37. The molecule has 4 aromatic carbocycles. The minimum atomic E-state index is -4.01. The maximum atomic E-state index is 15.8. The minimum Gasteiger partial charge on any atom is -0.489 e. The molecular formula is C42H44FNO4S. The number of aryl methyl sites for hydroxylation is 2. The number of allylic oxidation sites excluding steroid dienone is 2. The highest BCUT2D eigenvalue weighted by molar-refractivity contribution is 7.86. The maximum absolute atomic E-state index is 15.8. The number of hydrogen-bond donors (Lipinski definition) is 0. The topological polar surface area (TPSA) is 55.8 Å². The smallest absolute Gasteiger partial charge is 0.297 e. The molecule has 1 saturated heterocycles. The van der Waals surface area contributed by atoms with Crippen molar-refractivity contribution in [2.24, 2.45) is 0 Å². The lowest BCUT2D eigenvalue weighted by molar-refractivity contribution is 0.0120. The number of nitrogens with zero attached hydrogens (tertiary/aromatic N) is 1. The summed E-state index contributed by atoms with van der Waals surface area (Å²) in [5, 5.41) is 0. The molecule has 7 heteroatoms. The van der Waals surface area contributed by atoms with Gasteiger partial charge in [-0.2, -0.15) is 8.42 Å². The summed E-state index contributed by atoms with van der Waals surface area (Å²) in [5.41, 5.74) is 5.83. The third-order valence-corrected chi connectivity index (χ3v) is 11.7. The zero-order chi connectivity index (χ0) is 33.8. The summed E-state index contributed by atoms with van der Waals surface area (Å²) in [5.74, 6) is 1.51.